The van der Waals surface area contributed by atoms with Gasteiger partial charge in [0.15, 0.2) is 0 Å². The smallest absolute Gasteiger partial charge is 0.324 e. The Balaban J connectivity index is 2.74. The lowest BCUT2D eigenvalue weighted by molar-refractivity contribution is -0.154. The minimum Gasteiger partial charge on any atom is -0.480 e. The van der Waals surface area contributed by atoms with Gasteiger partial charge < -0.3 is 5.11 Å². The number of carboxylic acids is 1. The molecular formula is C13H25NO2. The number of aliphatic carboxylic acids is 1. The maximum atomic E-state index is 11.5. The maximum Gasteiger partial charge on any atom is 0.324 e. The van der Waals surface area contributed by atoms with Crippen molar-refractivity contribution in [2.24, 2.45) is 11.8 Å². The van der Waals surface area contributed by atoms with Crippen LogP contribution in [-0.2, 0) is 4.79 Å². The first-order valence-electron chi connectivity index (χ1n) is 6.38. The Morgan fingerprint density at radius 3 is 2.25 bits per heavy atom. The minimum absolute atomic E-state index is 0.597. The van der Waals surface area contributed by atoms with E-state index in [1.165, 1.54) is 0 Å². The molecule has 0 saturated heterocycles. The fraction of sp³-hybridized carbons (Fsp3) is 0.923. The van der Waals surface area contributed by atoms with E-state index < -0.39 is 11.5 Å². The van der Waals surface area contributed by atoms with Crippen LogP contribution >= 0.6 is 0 Å². The van der Waals surface area contributed by atoms with Crippen LogP contribution in [0.5, 0.6) is 0 Å². The van der Waals surface area contributed by atoms with Gasteiger partial charge in [-0.05, 0) is 51.1 Å². The van der Waals surface area contributed by atoms with Gasteiger partial charge in [0.2, 0.25) is 0 Å². The molecule has 0 aromatic carbocycles. The van der Waals surface area contributed by atoms with Crippen molar-refractivity contribution in [1.82, 2.24) is 4.90 Å². The summed E-state index contributed by atoms with van der Waals surface area (Å²) in [7, 11) is 1.93. The quantitative estimate of drug-likeness (QED) is 0.802. The molecule has 94 valence electrons. The summed E-state index contributed by atoms with van der Waals surface area (Å²) in [5.41, 5.74) is -0.597. The summed E-state index contributed by atoms with van der Waals surface area (Å²) < 4.78 is 0. The third-order valence-electron chi connectivity index (χ3n) is 4.40. The Hall–Kier alpha value is -0.570. The highest BCUT2D eigenvalue weighted by Crippen LogP contribution is 2.38. The van der Waals surface area contributed by atoms with E-state index in [0.29, 0.717) is 11.8 Å². The standard InChI is InChI=1S/C13H25NO2/c1-5-14(4)13(12(15)16)8-6-11(7-9-13)10(2)3/h10-11H,5-9H2,1-4H3,(H,15,16). The Labute approximate surface area is 98.8 Å². The molecule has 1 N–H and O–H groups in total. The van der Waals surface area contributed by atoms with E-state index >= 15 is 0 Å². The van der Waals surface area contributed by atoms with E-state index in [4.69, 9.17) is 0 Å². The fourth-order valence-corrected chi connectivity index (χ4v) is 2.85. The van der Waals surface area contributed by atoms with Crippen LogP contribution in [0, 0.1) is 11.8 Å². The van der Waals surface area contributed by atoms with Crippen LogP contribution in [0.15, 0.2) is 0 Å². The first kappa shape index (κ1) is 13.5. The van der Waals surface area contributed by atoms with Crippen LogP contribution in [0.2, 0.25) is 0 Å². The van der Waals surface area contributed by atoms with Crippen molar-refractivity contribution in [1.29, 1.82) is 0 Å². The van der Waals surface area contributed by atoms with Crippen LogP contribution in [0.4, 0.5) is 0 Å². The van der Waals surface area contributed by atoms with E-state index in [1.54, 1.807) is 0 Å². The molecule has 1 rings (SSSR count). The predicted octanol–water partition coefficient (Wildman–Crippen LogP) is 2.61. The van der Waals surface area contributed by atoms with Gasteiger partial charge in [-0.1, -0.05) is 20.8 Å². The van der Waals surface area contributed by atoms with E-state index in [2.05, 4.69) is 13.8 Å². The normalized spacial score (nSPS) is 31.0. The van der Waals surface area contributed by atoms with Gasteiger partial charge in [-0.25, -0.2) is 0 Å². The number of hydrogen-bond acceptors (Lipinski definition) is 2. The molecule has 0 spiro atoms. The molecule has 0 unspecified atom stereocenters. The van der Waals surface area contributed by atoms with Crippen LogP contribution in [-0.4, -0.2) is 35.1 Å². The van der Waals surface area contributed by atoms with Gasteiger partial charge in [0.25, 0.3) is 0 Å². The molecular weight excluding hydrogens is 202 g/mol. The highest BCUT2D eigenvalue weighted by Gasteiger charge is 2.44. The van der Waals surface area contributed by atoms with Crippen LogP contribution < -0.4 is 0 Å². The van der Waals surface area contributed by atoms with Gasteiger partial charge in [-0.3, -0.25) is 9.69 Å². The molecule has 3 nitrogen and oxygen atoms in total. The van der Waals surface area contributed by atoms with Crippen LogP contribution in [0.25, 0.3) is 0 Å². The molecule has 1 saturated carbocycles. The van der Waals surface area contributed by atoms with Crippen LogP contribution in [0.3, 0.4) is 0 Å². The van der Waals surface area contributed by atoms with Crippen molar-refractivity contribution < 1.29 is 9.90 Å². The fourth-order valence-electron chi connectivity index (χ4n) is 2.85. The zero-order valence-electron chi connectivity index (χ0n) is 11.0. The summed E-state index contributed by atoms with van der Waals surface area (Å²) in [6.45, 7) is 7.31. The molecule has 0 bridgehead atoms. The van der Waals surface area contributed by atoms with E-state index in [-0.39, 0.29) is 0 Å². The van der Waals surface area contributed by atoms with Gasteiger partial charge in [-0.15, -0.1) is 0 Å². The molecule has 0 aromatic heterocycles. The van der Waals surface area contributed by atoms with E-state index in [0.717, 1.165) is 32.2 Å². The van der Waals surface area contributed by atoms with E-state index in [1.807, 2.05) is 18.9 Å². The lowest BCUT2D eigenvalue weighted by atomic mass is 9.72. The van der Waals surface area contributed by atoms with Crippen molar-refractivity contribution in [3.8, 4) is 0 Å². The summed E-state index contributed by atoms with van der Waals surface area (Å²) >= 11 is 0. The summed E-state index contributed by atoms with van der Waals surface area (Å²) in [6.07, 6.45) is 3.70. The lowest BCUT2D eigenvalue weighted by Gasteiger charge is -2.43. The Morgan fingerprint density at radius 1 is 1.44 bits per heavy atom. The molecule has 0 heterocycles. The van der Waals surface area contributed by atoms with Crippen molar-refractivity contribution >= 4 is 5.97 Å². The SMILES string of the molecule is CCN(C)C1(C(=O)O)CCC(C(C)C)CC1. The number of carbonyl (C=O) groups is 1. The molecule has 0 radical (unpaired) electrons. The average Bonchev–Trinajstić information content (AvgIpc) is 2.27. The second-order valence-electron chi connectivity index (χ2n) is 5.43. The first-order chi connectivity index (χ1) is 7.44. The molecule has 0 amide bonds. The number of rotatable bonds is 4. The molecule has 16 heavy (non-hydrogen) atoms. The Kier molecular flexibility index (Phi) is 4.36. The monoisotopic (exact) mass is 227 g/mol. The van der Waals surface area contributed by atoms with Gasteiger partial charge in [0.05, 0.1) is 0 Å². The summed E-state index contributed by atoms with van der Waals surface area (Å²) in [5.74, 6) is 0.746. The van der Waals surface area contributed by atoms with Gasteiger partial charge in [-0.2, -0.15) is 0 Å². The maximum absolute atomic E-state index is 11.5. The minimum atomic E-state index is -0.640. The number of likely N-dealkylation sites (N-methyl/N-ethyl adjacent to an activating group) is 1. The molecule has 1 aliphatic carbocycles. The second-order valence-corrected chi connectivity index (χ2v) is 5.43. The second kappa shape index (κ2) is 5.17. The van der Waals surface area contributed by atoms with Crippen molar-refractivity contribution in [2.75, 3.05) is 13.6 Å². The summed E-state index contributed by atoms with van der Waals surface area (Å²) in [5, 5.41) is 9.47. The topological polar surface area (TPSA) is 40.5 Å². The lowest BCUT2D eigenvalue weighted by Crippen LogP contribution is -2.55. The van der Waals surface area contributed by atoms with E-state index in [9.17, 15) is 9.90 Å². The number of hydrogen-bond donors (Lipinski definition) is 1. The molecule has 3 heteroatoms. The molecule has 0 atom stereocenters. The zero-order chi connectivity index (χ0) is 12.3. The Morgan fingerprint density at radius 2 is 1.94 bits per heavy atom. The molecule has 1 aliphatic rings. The third kappa shape index (κ3) is 2.40. The summed E-state index contributed by atoms with van der Waals surface area (Å²) in [4.78, 5) is 13.5. The molecule has 0 aliphatic heterocycles. The van der Waals surface area contributed by atoms with Crippen molar-refractivity contribution in [3.05, 3.63) is 0 Å². The van der Waals surface area contributed by atoms with Crippen molar-refractivity contribution in [2.45, 2.75) is 52.0 Å². The third-order valence-corrected chi connectivity index (χ3v) is 4.40. The zero-order valence-corrected chi connectivity index (χ0v) is 11.0. The highest BCUT2D eigenvalue weighted by molar-refractivity contribution is 5.78. The van der Waals surface area contributed by atoms with Gasteiger partial charge >= 0.3 is 5.97 Å². The summed E-state index contributed by atoms with van der Waals surface area (Å²) in [6, 6.07) is 0. The average molecular weight is 227 g/mol. The van der Waals surface area contributed by atoms with Gasteiger partial charge in [0.1, 0.15) is 5.54 Å². The van der Waals surface area contributed by atoms with Crippen LogP contribution in [0.1, 0.15) is 46.5 Å². The molecule has 1 fully saturated rings. The first-order valence-corrected chi connectivity index (χ1v) is 6.38. The molecule has 0 aromatic rings. The highest BCUT2D eigenvalue weighted by atomic mass is 16.4. The van der Waals surface area contributed by atoms with Crippen molar-refractivity contribution in [3.63, 3.8) is 0 Å². The van der Waals surface area contributed by atoms with Gasteiger partial charge in [0, 0.05) is 0 Å². The Bertz CT molecular complexity index is 242. The number of carboxylic acid groups (broad SMARTS) is 1. The predicted molar refractivity (Wildman–Crippen MR) is 65.5 cm³/mol. The number of nitrogens with zero attached hydrogens (tertiary/aromatic N) is 1. The largest absolute Gasteiger partial charge is 0.480 e.